The van der Waals surface area contributed by atoms with Crippen molar-refractivity contribution in [3.05, 3.63) is 63.7 Å². The van der Waals surface area contributed by atoms with Crippen LogP contribution in [0.3, 0.4) is 0 Å². The van der Waals surface area contributed by atoms with Gasteiger partial charge in [-0.3, -0.25) is 4.79 Å². The summed E-state index contributed by atoms with van der Waals surface area (Å²) in [4.78, 5) is 17.2. The minimum absolute atomic E-state index is 0.0140. The van der Waals surface area contributed by atoms with Crippen LogP contribution in [0.4, 0.5) is 21.0 Å². The molecule has 0 atom stereocenters. The van der Waals surface area contributed by atoms with Crippen LogP contribution in [0.5, 0.6) is 5.75 Å². The second kappa shape index (κ2) is 7.08. The van der Waals surface area contributed by atoms with Gasteiger partial charge < -0.3 is 15.8 Å². The summed E-state index contributed by atoms with van der Waals surface area (Å²) in [7, 11) is 1.49. The maximum atomic E-state index is 13.2. The van der Waals surface area contributed by atoms with Gasteiger partial charge in [-0.2, -0.15) is 0 Å². The van der Waals surface area contributed by atoms with Crippen molar-refractivity contribution in [2.45, 2.75) is 0 Å². The molecule has 0 aliphatic rings. The van der Waals surface area contributed by atoms with E-state index >= 15 is 0 Å². The number of para-hydroxylation sites is 1. The summed E-state index contributed by atoms with van der Waals surface area (Å²) in [5, 5.41) is 3.35. The van der Waals surface area contributed by atoms with Gasteiger partial charge in [0.1, 0.15) is 22.3 Å². The molecule has 3 rings (SSSR count). The molecule has 0 fully saturated rings. The van der Waals surface area contributed by atoms with Crippen LogP contribution in [0.25, 0.3) is 0 Å². The third-order valence-corrected chi connectivity index (χ3v) is 4.66. The van der Waals surface area contributed by atoms with E-state index in [1.165, 1.54) is 25.3 Å². The van der Waals surface area contributed by atoms with Crippen molar-refractivity contribution in [2.75, 3.05) is 18.2 Å². The first-order chi connectivity index (χ1) is 12.0. The quantitative estimate of drug-likeness (QED) is 0.640. The van der Waals surface area contributed by atoms with Gasteiger partial charge in [0.25, 0.3) is 0 Å². The first-order valence-corrected chi connectivity index (χ1v) is 8.35. The molecule has 0 amide bonds. The average molecular weight is 378 g/mol. The van der Waals surface area contributed by atoms with E-state index in [2.05, 4.69) is 10.3 Å². The Morgan fingerprint density at radius 3 is 2.80 bits per heavy atom. The number of anilines is 3. The lowest BCUT2D eigenvalue weighted by atomic mass is 10.1. The minimum Gasteiger partial charge on any atom is -0.496 e. The number of ketones is 1. The highest BCUT2D eigenvalue weighted by Crippen LogP contribution is 2.32. The number of thiazole rings is 1. The molecule has 0 unspecified atom stereocenters. The second-order valence-electron chi connectivity index (χ2n) is 5.02. The van der Waals surface area contributed by atoms with Crippen molar-refractivity contribution in [2.24, 2.45) is 0 Å². The Labute approximate surface area is 152 Å². The fraction of sp³-hybridized carbons (Fsp3) is 0.0588. The number of benzene rings is 2. The Hall–Kier alpha value is -2.64. The second-order valence-corrected chi connectivity index (χ2v) is 6.42. The summed E-state index contributed by atoms with van der Waals surface area (Å²) < 4.78 is 18.4. The highest BCUT2D eigenvalue weighted by molar-refractivity contribution is 7.18. The minimum atomic E-state index is -0.516. The predicted octanol–water partition coefficient (Wildman–Crippen LogP) is 4.50. The SMILES string of the molecule is COc1ccccc1C(=O)c1sc(Nc2ccc(F)c(Cl)c2)nc1N. The Bertz CT molecular complexity index is 945. The lowest BCUT2D eigenvalue weighted by Crippen LogP contribution is -2.04. The maximum Gasteiger partial charge on any atom is 0.210 e. The van der Waals surface area contributed by atoms with E-state index in [-0.39, 0.29) is 16.6 Å². The van der Waals surface area contributed by atoms with Crippen molar-refractivity contribution < 1.29 is 13.9 Å². The molecule has 1 aromatic heterocycles. The molecule has 8 heteroatoms. The van der Waals surface area contributed by atoms with E-state index in [1.54, 1.807) is 24.3 Å². The lowest BCUT2D eigenvalue weighted by Gasteiger charge is -2.05. The molecule has 0 saturated carbocycles. The smallest absolute Gasteiger partial charge is 0.210 e. The number of nitrogen functional groups attached to an aromatic ring is 1. The molecule has 0 saturated heterocycles. The molecule has 1 heterocycles. The molecule has 128 valence electrons. The van der Waals surface area contributed by atoms with Gasteiger partial charge in [0.15, 0.2) is 5.13 Å². The molecule has 5 nitrogen and oxygen atoms in total. The van der Waals surface area contributed by atoms with Crippen molar-refractivity contribution in [1.29, 1.82) is 0 Å². The third-order valence-electron chi connectivity index (χ3n) is 3.38. The number of ether oxygens (including phenoxy) is 1. The van der Waals surface area contributed by atoms with Crippen molar-refractivity contribution in [3.63, 3.8) is 0 Å². The molecule has 25 heavy (non-hydrogen) atoms. The van der Waals surface area contributed by atoms with Crippen LogP contribution in [0.15, 0.2) is 42.5 Å². The fourth-order valence-electron chi connectivity index (χ4n) is 2.20. The largest absolute Gasteiger partial charge is 0.496 e. The van der Waals surface area contributed by atoms with E-state index in [1.807, 2.05) is 0 Å². The molecule has 0 aliphatic heterocycles. The number of rotatable bonds is 5. The van der Waals surface area contributed by atoms with E-state index in [0.717, 1.165) is 11.3 Å². The average Bonchev–Trinajstić information content (AvgIpc) is 2.97. The van der Waals surface area contributed by atoms with Crippen molar-refractivity contribution in [1.82, 2.24) is 4.98 Å². The molecule has 3 aromatic rings. The summed E-state index contributed by atoms with van der Waals surface area (Å²) in [6, 6.07) is 11.1. The number of aromatic nitrogens is 1. The van der Waals surface area contributed by atoms with Crippen molar-refractivity contribution in [3.8, 4) is 5.75 Å². The van der Waals surface area contributed by atoms with Gasteiger partial charge in [-0.25, -0.2) is 9.37 Å². The standard InChI is InChI=1S/C17H13ClFN3O2S/c1-24-13-5-3-2-4-10(13)14(23)15-16(20)22-17(25-15)21-9-6-7-12(19)11(18)8-9/h2-8H,20H2,1H3,(H,21,22). The first kappa shape index (κ1) is 17.2. The predicted molar refractivity (Wildman–Crippen MR) is 97.6 cm³/mol. The maximum absolute atomic E-state index is 13.2. The van der Waals surface area contributed by atoms with E-state index < -0.39 is 5.82 Å². The third kappa shape index (κ3) is 3.57. The Balaban J connectivity index is 1.89. The van der Waals surface area contributed by atoms with Crippen LogP contribution in [0.1, 0.15) is 15.2 Å². The van der Waals surface area contributed by atoms with Crippen LogP contribution >= 0.6 is 22.9 Å². The molecule has 3 N–H and O–H groups in total. The number of nitrogens with one attached hydrogen (secondary N) is 1. The molecule has 0 aliphatic carbocycles. The van der Waals surface area contributed by atoms with Crippen LogP contribution in [0, 0.1) is 5.82 Å². The number of carbonyl (C=O) groups is 1. The number of hydrogen-bond donors (Lipinski definition) is 2. The Morgan fingerprint density at radius 2 is 2.08 bits per heavy atom. The summed E-state index contributed by atoms with van der Waals surface area (Å²) >= 11 is 6.85. The molecular weight excluding hydrogens is 365 g/mol. The molecule has 0 radical (unpaired) electrons. The zero-order valence-electron chi connectivity index (χ0n) is 13.0. The molecule has 0 bridgehead atoms. The monoisotopic (exact) mass is 377 g/mol. The summed E-state index contributed by atoms with van der Waals surface area (Å²) in [5.74, 6) is -0.229. The molecular formula is C17H13ClFN3O2S. The summed E-state index contributed by atoms with van der Waals surface area (Å²) in [6.45, 7) is 0. The summed E-state index contributed by atoms with van der Waals surface area (Å²) in [5.41, 5.74) is 6.83. The Morgan fingerprint density at radius 1 is 1.32 bits per heavy atom. The number of nitrogens with zero attached hydrogens (tertiary/aromatic N) is 1. The number of carbonyl (C=O) groups excluding carboxylic acids is 1. The normalized spacial score (nSPS) is 10.5. The van der Waals surface area contributed by atoms with Crippen molar-refractivity contribution >= 4 is 45.4 Å². The summed E-state index contributed by atoms with van der Waals surface area (Å²) in [6.07, 6.45) is 0. The lowest BCUT2D eigenvalue weighted by molar-refractivity contribution is 0.104. The van der Waals surface area contributed by atoms with Gasteiger partial charge in [0.05, 0.1) is 17.7 Å². The number of methoxy groups -OCH3 is 1. The molecule has 2 aromatic carbocycles. The Kier molecular flexibility index (Phi) is 4.87. The highest BCUT2D eigenvalue weighted by atomic mass is 35.5. The molecule has 0 spiro atoms. The number of nitrogens with two attached hydrogens (primary N) is 1. The first-order valence-electron chi connectivity index (χ1n) is 7.15. The number of hydrogen-bond acceptors (Lipinski definition) is 6. The zero-order chi connectivity index (χ0) is 18.0. The topological polar surface area (TPSA) is 77.2 Å². The van der Waals surface area contributed by atoms with Crippen LogP contribution in [-0.2, 0) is 0 Å². The van der Waals surface area contributed by atoms with E-state index in [4.69, 9.17) is 22.1 Å². The van der Waals surface area contributed by atoms with Gasteiger partial charge in [-0.05, 0) is 30.3 Å². The van der Waals surface area contributed by atoms with Gasteiger partial charge >= 0.3 is 0 Å². The van der Waals surface area contributed by atoms with Gasteiger partial charge in [0.2, 0.25) is 5.78 Å². The van der Waals surface area contributed by atoms with Gasteiger partial charge in [-0.15, -0.1) is 0 Å². The highest BCUT2D eigenvalue weighted by Gasteiger charge is 2.21. The van der Waals surface area contributed by atoms with Crippen LogP contribution in [-0.4, -0.2) is 17.9 Å². The zero-order valence-corrected chi connectivity index (χ0v) is 14.6. The van der Waals surface area contributed by atoms with Crippen LogP contribution in [0.2, 0.25) is 5.02 Å². The van der Waals surface area contributed by atoms with Gasteiger partial charge in [-0.1, -0.05) is 35.1 Å². The van der Waals surface area contributed by atoms with E-state index in [0.29, 0.717) is 27.0 Å². The fourth-order valence-corrected chi connectivity index (χ4v) is 3.24. The van der Waals surface area contributed by atoms with Crippen LogP contribution < -0.4 is 15.8 Å². The van der Waals surface area contributed by atoms with E-state index in [9.17, 15) is 9.18 Å². The number of halogens is 2. The van der Waals surface area contributed by atoms with Gasteiger partial charge in [0, 0.05) is 5.69 Å².